The number of nitrogens with one attached hydrogen (secondary N) is 2. The van der Waals surface area contributed by atoms with E-state index in [2.05, 4.69) is 20.6 Å². The van der Waals surface area contributed by atoms with E-state index < -0.39 is 0 Å². The highest BCUT2D eigenvalue weighted by Crippen LogP contribution is 2.32. The Morgan fingerprint density at radius 1 is 1.17 bits per heavy atom. The van der Waals surface area contributed by atoms with E-state index in [1.54, 1.807) is 0 Å². The van der Waals surface area contributed by atoms with Gasteiger partial charge in [0.15, 0.2) is 11.5 Å². The van der Waals surface area contributed by atoms with Gasteiger partial charge in [-0.1, -0.05) is 6.07 Å². The van der Waals surface area contributed by atoms with Crippen LogP contribution in [-0.4, -0.2) is 28.2 Å². The first-order valence-electron chi connectivity index (χ1n) is 7.68. The van der Waals surface area contributed by atoms with E-state index >= 15 is 0 Å². The van der Waals surface area contributed by atoms with E-state index in [4.69, 9.17) is 9.47 Å². The first kappa shape index (κ1) is 16.0. The fraction of sp³-hybridized carbons (Fsp3) is 0.353. The van der Waals surface area contributed by atoms with Crippen LogP contribution in [0.4, 0.5) is 5.95 Å². The highest BCUT2D eigenvalue weighted by Gasteiger charge is 2.16. The van der Waals surface area contributed by atoms with Crippen LogP contribution >= 0.6 is 0 Å². The van der Waals surface area contributed by atoms with Gasteiger partial charge in [0.25, 0.3) is 5.91 Å². The lowest BCUT2D eigenvalue weighted by molar-refractivity contribution is 0.0919. The number of amides is 1. The average Bonchev–Trinajstić information content (AvgIpc) is 2.99. The second-order valence-electron chi connectivity index (χ2n) is 6.54. The molecule has 3 rings (SSSR count). The van der Waals surface area contributed by atoms with E-state index in [0.29, 0.717) is 18.1 Å². The van der Waals surface area contributed by atoms with Crippen molar-refractivity contribution in [1.82, 2.24) is 15.3 Å². The molecule has 7 heteroatoms. The molecule has 0 saturated carbocycles. The van der Waals surface area contributed by atoms with Gasteiger partial charge in [-0.2, -0.15) is 0 Å². The van der Waals surface area contributed by atoms with Crippen LogP contribution in [-0.2, 0) is 6.54 Å². The van der Waals surface area contributed by atoms with Gasteiger partial charge in [0, 0.05) is 24.5 Å². The molecule has 2 N–H and O–H groups in total. The van der Waals surface area contributed by atoms with Crippen molar-refractivity contribution in [1.29, 1.82) is 0 Å². The molecule has 0 unspecified atom stereocenters. The Morgan fingerprint density at radius 2 is 1.88 bits per heavy atom. The van der Waals surface area contributed by atoms with Crippen molar-refractivity contribution >= 4 is 11.9 Å². The van der Waals surface area contributed by atoms with Crippen molar-refractivity contribution in [2.24, 2.45) is 0 Å². The molecule has 0 saturated heterocycles. The number of nitrogens with zero attached hydrogens (tertiary/aromatic N) is 2. The summed E-state index contributed by atoms with van der Waals surface area (Å²) in [6, 6.07) is 5.74. The van der Waals surface area contributed by atoms with Gasteiger partial charge in [-0.15, -0.1) is 0 Å². The van der Waals surface area contributed by atoms with Crippen LogP contribution < -0.4 is 20.1 Å². The molecule has 0 aliphatic carbocycles. The Hall–Kier alpha value is -2.83. The lowest BCUT2D eigenvalue weighted by atomic mass is 10.1. The maximum atomic E-state index is 12.0. The molecule has 0 fully saturated rings. The molecule has 1 aliphatic rings. The maximum absolute atomic E-state index is 12.0. The van der Waals surface area contributed by atoms with Crippen LogP contribution in [0, 0.1) is 0 Å². The summed E-state index contributed by atoms with van der Waals surface area (Å²) in [6.07, 6.45) is 3.02. The largest absolute Gasteiger partial charge is 0.454 e. The number of ether oxygens (including phenoxy) is 2. The van der Waals surface area contributed by atoms with Gasteiger partial charge < -0.3 is 20.1 Å². The minimum absolute atomic E-state index is 0.190. The topological polar surface area (TPSA) is 85.4 Å². The molecule has 1 amide bonds. The number of carbonyl (C=O) groups is 1. The van der Waals surface area contributed by atoms with Gasteiger partial charge in [-0.3, -0.25) is 4.79 Å². The van der Waals surface area contributed by atoms with Gasteiger partial charge in [-0.05, 0) is 38.5 Å². The van der Waals surface area contributed by atoms with Crippen molar-refractivity contribution in [3.8, 4) is 11.5 Å². The Bertz CT molecular complexity index is 738. The molecular weight excluding hydrogens is 308 g/mol. The monoisotopic (exact) mass is 328 g/mol. The Labute approximate surface area is 140 Å². The average molecular weight is 328 g/mol. The number of fused-ring (bicyclic) bond motifs is 1. The summed E-state index contributed by atoms with van der Waals surface area (Å²) in [7, 11) is 0. The maximum Gasteiger partial charge on any atom is 0.254 e. The summed E-state index contributed by atoms with van der Waals surface area (Å²) < 4.78 is 10.6. The number of aromatic nitrogens is 2. The highest BCUT2D eigenvalue weighted by molar-refractivity contribution is 5.94. The lowest BCUT2D eigenvalue weighted by Gasteiger charge is -2.20. The van der Waals surface area contributed by atoms with Crippen LogP contribution in [0.2, 0.25) is 0 Å². The minimum Gasteiger partial charge on any atom is -0.454 e. The molecule has 0 bridgehead atoms. The van der Waals surface area contributed by atoms with Gasteiger partial charge >= 0.3 is 0 Å². The molecule has 2 heterocycles. The highest BCUT2D eigenvalue weighted by atomic mass is 16.7. The normalized spacial score (nSPS) is 12.8. The summed E-state index contributed by atoms with van der Waals surface area (Å²) in [5, 5.41) is 5.99. The third-order valence-electron chi connectivity index (χ3n) is 3.29. The molecule has 7 nitrogen and oxygen atoms in total. The van der Waals surface area contributed by atoms with Gasteiger partial charge in [0.1, 0.15) is 0 Å². The zero-order valence-corrected chi connectivity index (χ0v) is 13.9. The zero-order valence-electron chi connectivity index (χ0n) is 13.9. The van der Waals surface area contributed by atoms with Crippen LogP contribution in [0.15, 0.2) is 30.6 Å². The van der Waals surface area contributed by atoms with E-state index in [1.165, 1.54) is 12.4 Å². The third-order valence-corrected chi connectivity index (χ3v) is 3.29. The minimum atomic E-state index is -0.298. The van der Waals surface area contributed by atoms with E-state index in [1.807, 2.05) is 39.0 Å². The van der Waals surface area contributed by atoms with Crippen molar-refractivity contribution in [2.75, 3.05) is 12.1 Å². The standard InChI is InChI=1S/C17H20N4O3/c1-17(2,3)21-15(22)12-8-19-16(20-9-12)18-7-11-4-5-13-14(6-11)24-10-23-13/h4-6,8-9H,7,10H2,1-3H3,(H,21,22)(H,18,19,20). The fourth-order valence-corrected chi connectivity index (χ4v) is 2.18. The number of hydrogen-bond donors (Lipinski definition) is 2. The van der Waals surface area contributed by atoms with Gasteiger partial charge in [-0.25, -0.2) is 9.97 Å². The molecule has 126 valence electrons. The van der Waals surface area contributed by atoms with E-state index in [0.717, 1.165) is 17.1 Å². The molecule has 0 atom stereocenters. The number of carbonyl (C=O) groups excluding carboxylic acids is 1. The van der Waals surface area contributed by atoms with Crippen molar-refractivity contribution in [3.05, 3.63) is 41.7 Å². The summed E-state index contributed by atoms with van der Waals surface area (Å²) in [5.74, 6) is 1.76. The molecule has 2 aromatic rings. The number of benzene rings is 1. The summed E-state index contributed by atoms with van der Waals surface area (Å²) in [5.41, 5.74) is 1.16. The SMILES string of the molecule is CC(C)(C)NC(=O)c1cnc(NCc2ccc3c(c2)OCO3)nc1. The Kier molecular flexibility index (Phi) is 4.24. The van der Waals surface area contributed by atoms with E-state index in [-0.39, 0.29) is 18.2 Å². The molecule has 1 aromatic carbocycles. The third kappa shape index (κ3) is 3.92. The fourth-order valence-electron chi connectivity index (χ4n) is 2.18. The summed E-state index contributed by atoms with van der Waals surface area (Å²) in [6.45, 7) is 6.57. The predicted molar refractivity (Wildman–Crippen MR) is 89.1 cm³/mol. The smallest absolute Gasteiger partial charge is 0.254 e. The summed E-state index contributed by atoms with van der Waals surface area (Å²) >= 11 is 0. The van der Waals surface area contributed by atoms with Crippen molar-refractivity contribution < 1.29 is 14.3 Å². The second kappa shape index (κ2) is 6.35. The quantitative estimate of drug-likeness (QED) is 0.896. The molecule has 0 spiro atoms. The van der Waals surface area contributed by atoms with Crippen LogP contribution in [0.25, 0.3) is 0 Å². The molecule has 1 aromatic heterocycles. The first-order valence-corrected chi connectivity index (χ1v) is 7.68. The second-order valence-corrected chi connectivity index (χ2v) is 6.54. The van der Waals surface area contributed by atoms with Crippen molar-refractivity contribution in [3.63, 3.8) is 0 Å². The molecular formula is C17H20N4O3. The van der Waals surface area contributed by atoms with Crippen LogP contribution in [0.1, 0.15) is 36.7 Å². The number of anilines is 1. The number of hydrogen-bond acceptors (Lipinski definition) is 6. The van der Waals surface area contributed by atoms with Crippen LogP contribution in [0.3, 0.4) is 0 Å². The van der Waals surface area contributed by atoms with Gasteiger partial charge in [0.05, 0.1) is 5.56 Å². The zero-order chi connectivity index (χ0) is 17.2. The molecule has 24 heavy (non-hydrogen) atoms. The van der Waals surface area contributed by atoms with Crippen molar-refractivity contribution in [2.45, 2.75) is 32.9 Å². The molecule has 1 aliphatic heterocycles. The Morgan fingerprint density at radius 3 is 2.58 bits per heavy atom. The van der Waals surface area contributed by atoms with E-state index in [9.17, 15) is 4.79 Å². The summed E-state index contributed by atoms with van der Waals surface area (Å²) in [4.78, 5) is 20.4. The Balaban J connectivity index is 1.59. The van der Waals surface area contributed by atoms with Gasteiger partial charge in [0.2, 0.25) is 12.7 Å². The molecule has 0 radical (unpaired) electrons. The predicted octanol–water partition coefficient (Wildman–Crippen LogP) is 2.35. The number of rotatable bonds is 4. The lowest BCUT2D eigenvalue weighted by Crippen LogP contribution is -2.40. The van der Waals surface area contributed by atoms with Crippen LogP contribution in [0.5, 0.6) is 11.5 Å². The first-order chi connectivity index (χ1) is 11.4.